The third-order valence-corrected chi connectivity index (χ3v) is 7.45. The summed E-state index contributed by atoms with van der Waals surface area (Å²) in [7, 11) is -5.10. The Morgan fingerprint density at radius 2 is 1.51 bits per heavy atom. The number of nitrogens with two attached hydrogens (primary N) is 1. The predicted octanol–water partition coefficient (Wildman–Crippen LogP) is 1.07. The number of hydrogen-bond acceptors (Lipinski definition) is 11. The Kier molecular flexibility index (Phi) is 8.41. The molecular weight excluding hydrogens is 596 g/mol. The van der Waals surface area contributed by atoms with Crippen LogP contribution in [0.25, 0.3) is 0 Å². The number of nitrogens with one attached hydrogen (secondary N) is 1. The van der Waals surface area contributed by atoms with E-state index in [2.05, 4.69) is 32.9 Å². The topological polar surface area (TPSA) is 168 Å². The van der Waals surface area contributed by atoms with Crippen LogP contribution in [0.3, 0.4) is 0 Å². The molecule has 10 nitrogen and oxygen atoms in total. The van der Waals surface area contributed by atoms with Crippen LogP contribution in [0.5, 0.6) is 0 Å². The average molecular weight is 610 g/mol. The summed E-state index contributed by atoms with van der Waals surface area (Å²) in [5.41, 5.74) is 6.00. The Bertz CT molecular complexity index is 1780. The van der Waals surface area contributed by atoms with Crippen LogP contribution in [-0.2, 0) is 16.5 Å². The molecule has 5 rings (SSSR count). The largest absolute Gasteiger partial charge is 1.00 e. The number of benzene rings is 3. The summed E-state index contributed by atoms with van der Waals surface area (Å²) < 4.78 is 36.1. The number of ketones is 2. The Balaban J connectivity index is 0.00000353. The SMILES string of the molecule is Nc1c(S(=O)(=O)[O-])cc(Nc2ccc(S)c(Cc3nc(Cl)nc(Cl)n3)c2)c2c1C(=O)c1ccccc1C2=O.[Na+]. The fraction of sp³-hybridized carbons (Fsp3) is 0.0417. The summed E-state index contributed by atoms with van der Waals surface area (Å²) in [5, 5.41) is 2.79. The second kappa shape index (κ2) is 11.1. The molecule has 1 aliphatic carbocycles. The number of carbonyl (C=O) groups is 2. The number of aromatic nitrogens is 3. The predicted molar refractivity (Wildman–Crippen MR) is 142 cm³/mol. The van der Waals surface area contributed by atoms with Crippen LogP contribution >= 0.6 is 35.8 Å². The van der Waals surface area contributed by atoms with Gasteiger partial charge >= 0.3 is 29.6 Å². The van der Waals surface area contributed by atoms with Crippen LogP contribution in [0.4, 0.5) is 17.1 Å². The molecule has 0 spiro atoms. The van der Waals surface area contributed by atoms with Crippen molar-refractivity contribution < 1.29 is 52.1 Å². The fourth-order valence-corrected chi connectivity index (χ4v) is 5.42. The molecule has 0 unspecified atom stereocenters. The summed E-state index contributed by atoms with van der Waals surface area (Å²) >= 11 is 16.2. The van der Waals surface area contributed by atoms with Crippen molar-refractivity contribution in [3.8, 4) is 0 Å². The molecule has 39 heavy (non-hydrogen) atoms. The molecule has 0 saturated heterocycles. The number of anilines is 3. The van der Waals surface area contributed by atoms with Gasteiger partial charge in [0.2, 0.25) is 10.6 Å². The normalized spacial score (nSPS) is 12.4. The number of carbonyl (C=O) groups excluding carboxylic acids is 2. The molecule has 1 heterocycles. The molecule has 1 aromatic heterocycles. The van der Waals surface area contributed by atoms with E-state index >= 15 is 0 Å². The van der Waals surface area contributed by atoms with E-state index in [1.165, 1.54) is 12.1 Å². The van der Waals surface area contributed by atoms with E-state index in [4.69, 9.17) is 28.9 Å². The van der Waals surface area contributed by atoms with Gasteiger partial charge in [0.05, 0.1) is 27.4 Å². The summed E-state index contributed by atoms with van der Waals surface area (Å²) in [5.74, 6) is -0.958. The molecule has 192 valence electrons. The van der Waals surface area contributed by atoms with Crippen molar-refractivity contribution in [1.82, 2.24) is 15.0 Å². The molecule has 0 saturated carbocycles. The van der Waals surface area contributed by atoms with Crippen molar-refractivity contribution in [3.05, 3.63) is 92.7 Å². The minimum Gasteiger partial charge on any atom is -0.744 e. The van der Waals surface area contributed by atoms with Crippen molar-refractivity contribution in [3.63, 3.8) is 0 Å². The summed E-state index contributed by atoms with van der Waals surface area (Å²) in [6, 6.07) is 11.9. The Hall–Kier alpha value is -2.55. The van der Waals surface area contributed by atoms with E-state index in [1.54, 1.807) is 30.3 Å². The van der Waals surface area contributed by atoms with Gasteiger partial charge in [-0.3, -0.25) is 9.59 Å². The molecule has 3 aromatic carbocycles. The molecule has 0 radical (unpaired) electrons. The number of hydrogen-bond donors (Lipinski definition) is 3. The van der Waals surface area contributed by atoms with Crippen LogP contribution < -0.4 is 40.6 Å². The molecule has 0 bridgehead atoms. The molecule has 0 aliphatic heterocycles. The van der Waals surface area contributed by atoms with Gasteiger partial charge in [0.15, 0.2) is 11.6 Å². The van der Waals surface area contributed by atoms with Crippen LogP contribution in [-0.4, -0.2) is 39.5 Å². The smallest absolute Gasteiger partial charge is 0.744 e. The molecule has 1 aliphatic rings. The first-order valence-corrected chi connectivity index (χ1v) is 13.3. The summed E-state index contributed by atoms with van der Waals surface area (Å²) in [6.07, 6.45) is 0.154. The van der Waals surface area contributed by atoms with Gasteiger partial charge in [-0.2, -0.15) is 4.98 Å². The number of rotatable bonds is 5. The van der Waals surface area contributed by atoms with E-state index in [0.29, 0.717) is 16.1 Å². The average Bonchev–Trinajstić information content (AvgIpc) is 2.84. The van der Waals surface area contributed by atoms with Crippen LogP contribution in [0.15, 0.2) is 58.3 Å². The number of nitrogen functional groups attached to an aromatic ring is 1. The van der Waals surface area contributed by atoms with Crippen molar-refractivity contribution in [2.24, 2.45) is 0 Å². The van der Waals surface area contributed by atoms with Crippen molar-refractivity contribution in [2.75, 3.05) is 11.1 Å². The van der Waals surface area contributed by atoms with E-state index in [-0.39, 0.29) is 80.3 Å². The van der Waals surface area contributed by atoms with Crippen LogP contribution in [0.2, 0.25) is 10.6 Å². The zero-order chi connectivity index (χ0) is 27.4. The first kappa shape index (κ1) is 29.4. The van der Waals surface area contributed by atoms with Gasteiger partial charge in [-0.15, -0.1) is 12.6 Å². The minimum absolute atomic E-state index is 0. The number of fused-ring (bicyclic) bond motifs is 2. The third kappa shape index (κ3) is 5.70. The number of thiol groups is 1. The van der Waals surface area contributed by atoms with Crippen LogP contribution in [0.1, 0.15) is 43.2 Å². The zero-order valence-electron chi connectivity index (χ0n) is 19.9. The van der Waals surface area contributed by atoms with Gasteiger partial charge in [-0.1, -0.05) is 24.3 Å². The summed E-state index contributed by atoms with van der Waals surface area (Å²) in [4.78, 5) is 38.3. The monoisotopic (exact) mass is 609 g/mol. The maximum atomic E-state index is 13.5. The van der Waals surface area contributed by atoms with E-state index in [1.807, 2.05) is 0 Å². The van der Waals surface area contributed by atoms with Crippen molar-refractivity contribution >= 4 is 74.6 Å². The Morgan fingerprint density at radius 1 is 0.923 bits per heavy atom. The molecular formula is C24H14Cl2N5NaO5S2. The molecule has 0 atom stereocenters. The first-order chi connectivity index (χ1) is 17.9. The third-order valence-electron chi connectivity index (χ3n) is 5.80. The van der Waals surface area contributed by atoms with Crippen LogP contribution in [0, 0.1) is 0 Å². The number of nitrogens with zero attached hydrogens (tertiary/aromatic N) is 3. The van der Waals surface area contributed by atoms with E-state index in [0.717, 1.165) is 6.07 Å². The molecule has 0 fully saturated rings. The van der Waals surface area contributed by atoms with Gasteiger partial charge < -0.3 is 15.6 Å². The van der Waals surface area contributed by atoms with E-state index < -0.39 is 32.3 Å². The van der Waals surface area contributed by atoms with Gasteiger partial charge in [0.1, 0.15) is 15.9 Å². The standard InChI is InChI=1S/C24H15Cl2N5O5S2.Na/c25-23-29-17(30-24(26)31-23)8-10-7-11(5-6-15(10)37)28-14-9-16(38(34,35)36)20(27)19-18(14)21(32)12-3-1-2-4-13(12)22(19)33;/h1-7,9,28,37H,8,27H2,(H,34,35,36);/q;+1/p-1. The molecule has 3 N–H and O–H groups in total. The zero-order valence-corrected chi connectivity index (χ0v) is 25.1. The maximum absolute atomic E-state index is 13.5. The molecule has 4 aromatic rings. The van der Waals surface area contributed by atoms with Gasteiger partial charge in [-0.05, 0) is 53.0 Å². The Morgan fingerprint density at radius 3 is 2.10 bits per heavy atom. The molecule has 15 heteroatoms. The van der Waals surface area contributed by atoms with Crippen molar-refractivity contribution in [1.29, 1.82) is 0 Å². The van der Waals surface area contributed by atoms with E-state index in [9.17, 15) is 22.6 Å². The quantitative estimate of drug-likeness (QED) is 0.113. The molecule has 0 amide bonds. The summed E-state index contributed by atoms with van der Waals surface area (Å²) in [6.45, 7) is 0. The maximum Gasteiger partial charge on any atom is 1.00 e. The fourth-order valence-electron chi connectivity index (χ4n) is 4.17. The minimum atomic E-state index is -5.10. The Labute approximate surface area is 259 Å². The van der Waals surface area contributed by atoms with Gasteiger partial charge in [0, 0.05) is 28.1 Å². The second-order valence-corrected chi connectivity index (χ2v) is 10.7. The number of halogens is 2. The van der Waals surface area contributed by atoms with Gasteiger partial charge in [-0.25, -0.2) is 18.4 Å². The first-order valence-electron chi connectivity index (χ1n) is 10.7. The van der Waals surface area contributed by atoms with Crippen molar-refractivity contribution in [2.45, 2.75) is 16.2 Å². The second-order valence-electron chi connectivity index (χ2n) is 8.18. The van der Waals surface area contributed by atoms with Gasteiger partial charge in [0.25, 0.3) is 0 Å².